The normalized spacial score (nSPS) is 17.4. The average Bonchev–Trinajstić information content (AvgIpc) is 2.93. The average molecular weight is 622 g/mol. The van der Waals surface area contributed by atoms with Gasteiger partial charge in [-0.05, 0) is 62.9 Å². The Labute approximate surface area is 247 Å². The minimum Gasteiger partial charge on any atom is -0.490 e. The lowest BCUT2D eigenvalue weighted by Gasteiger charge is -2.39. The molecule has 1 fully saturated rings. The fourth-order valence-electron chi connectivity index (χ4n) is 4.60. The van der Waals surface area contributed by atoms with Crippen molar-refractivity contribution >= 4 is 33.6 Å². The standard InChI is InChI=1S/C29H30ClF2N3O6S/c1-29(2,3)41-28(37)35-12-10-22(18-6-8-21(30)9-7-18)20(16-35)17-40-25-13-24(32)26(14-23(25)31)42(38,39)34-27(36)19-5-4-11-33-15-19/h4-9,11,13-15,20,22H,10,12,16-17H2,1-3H3,(H,34,36)/t20-,22?/m0/s1. The van der Waals surface area contributed by atoms with Crippen LogP contribution in [0.25, 0.3) is 0 Å². The number of nitrogens with one attached hydrogen (secondary N) is 1. The maximum absolute atomic E-state index is 15.1. The number of ether oxygens (including phenoxy) is 2. The number of piperidine rings is 1. The Bertz CT molecular complexity index is 1550. The van der Waals surface area contributed by atoms with E-state index in [0.717, 1.165) is 11.8 Å². The molecule has 3 aromatic rings. The number of nitrogens with zero attached hydrogens (tertiary/aromatic N) is 2. The van der Waals surface area contributed by atoms with Crippen LogP contribution in [0.5, 0.6) is 5.75 Å². The molecule has 42 heavy (non-hydrogen) atoms. The number of likely N-dealkylation sites (tertiary alicyclic amines) is 1. The molecule has 0 radical (unpaired) electrons. The number of sulfonamides is 1. The molecule has 1 N–H and O–H groups in total. The van der Waals surface area contributed by atoms with E-state index in [1.807, 2.05) is 12.1 Å². The topological polar surface area (TPSA) is 115 Å². The molecular formula is C29H30ClF2N3O6S. The Morgan fingerprint density at radius 3 is 2.48 bits per heavy atom. The van der Waals surface area contributed by atoms with E-state index in [1.54, 1.807) is 42.5 Å². The molecule has 1 aliphatic rings. The highest BCUT2D eigenvalue weighted by Crippen LogP contribution is 2.35. The zero-order valence-corrected chi connectivity index (χ0v) is 24.7. The molecule has 4 rings (SSSR count). The molecule has 2 heterocycles. The maximum Gasteiger partial charge on any atom is 0.410 e. The van der Waals surface area contributed by atoms with Gasteiger partial charge in [0.25, 0.3) is 15.9 Å². The predicted molar refractivity (Wildman–Crippen MR) is 151 cm³/mol. The largest absolute Gasteiger partial charge is 0.490 e. The smallest absolute Gasteiger partial charge is 0.410 e. The van der Waals surface area contributed by atoms with Gasteiger partial charge in [-0.2, -0.15) is 0 Å². The van der Waals surface area contributed by atoms with E-state index in [-0.39, 0.29) is 30.6 Å². The highest BCUT2D eigenvalue weighted by Gasteiger charge is 2.35. The summed E-state index contributed by atoms with van der Waals surface area (Å²) in [6.07, 6.45) is 2.58. The molecule has 224 valence electrons. The molecule has 0 saturated carbocycles. The summed E-state index contributed by atoms with van der Waals surface area (Å²) in [6, 6.07) is 11.0. The van der Waals surface area contributed by atoms with Crippen molar-refractivity contribution in [3.05, 3.63) is 88.7 Å². The van der Waals surface area contributed by atoms with Crippen molar-refractivity contribution in [3.63, 3.8) is 0 Å². The van der Waals surface area contributed by atoms with Crippen LogP contribution in [0.2, 0.25) is 5.02 Å². The van der Waals surface area contributed by atoms with E-state index in [9.17, 15) is 22.4 Å². The van der Waals surface area contributed by atoms with Gasteiger partial charge in [-0.3, -0.25) is 9.78 Å². The third-order valence-corrected chi connectivity index (χ3v) is 8.16. The van der Waals surface area contributed by atoms with E-state index in [4.69, 9.17) is 21.1 Å². The number of hydrogen-bond donors (Lipinski definition) is 1. The third kappa shape index (κ3) is 7.74. The second-order valence-corrected chi connectivity index (χ2v) is 12.9. The minimum absolute atomic E-state index is 0.0787. The number of aromatic nitrogens is 1. The molecule has 1 aliphatic heterocycles. The van der Waals surface area contributed by atoms with Crippen LogP contribution in [0.4, 0.5) is 13.6 Å². The molecule has 2 amide bonds. The highest BCUT2D eigenvalue weighted by molar-refractivity contribution is 7.90. The van der Waals surface area contributed by atoms with Crippen molar-refractivity contribution in [1.82, 2.24) is 14.6 Å². The van der Waals surface area contributed by atoms with E-state index in [1.165, 1.54) is 18.3 Å². The number of pyridine rings is 1. The first-order valence-corrected chi connectivity index (χ1v) is 14.9. The quantitative estimate of drug-likeness (QED) is 0.368. The van der Waals surface area contributed by atoms with Crippen LogP contribution in [0.15, 0.2) is 65.8 Å². The van der Waals surface area contributed by atoms with Crippen molar-refractivity contribution in [2.45, 2.75) is 43.6 Å². The van der Waals surface area contributed by atoms with Crippen molar-refractivity contribution in [1.29, 1.82) is 0 Å². The van der Waals surface area contributed by atoms with Gasteiger partial charge in [0.05, 0.1) is 12.2 Å². The highest BCUT2D eigenvalue weighted by atomic mass is 35.5. The lowest BCUT2D eigenvalue weighted by molar-refractivity contribution is 0.0110. The molecule has 2 atom stereocenters. The summed E-state index contributed by atoms with van der Waals surface area (Å²) in [5, 5.41) is 0.557. The first-order valence-electron chi connectivity index (χ1n) is 13.1. The van der Waals surface area contributed by atoms with Crippen molar-refractivity contribution in [3.8, 4) is 5.75 Å². The van der Waals surface area contributed by atoms with Crippen LogP contribution in [0, 0.1) is 17.6 Å². The molecule has 2 aromatic carbocycles. The second kappa shape index (κ2) is 12.6. The summed E-state index contributed by atoms with van der Waals surface area (Å²) in [5.41, 5.74) is 0.162. The van der Waals surface area contributed by atoms with Crippen LogP contribution in [0.3, 0.4) is 0 Å². The van der Waals surface area contributed by atoms with Crippen LogP contribution < -0.4 is 9.46 Å². The second-order valence-electron chi connectivity index (χ2n) is 10.8. The monoisotopic (exact) mass is 621 g/mol. The summed E-state index contributed by atoms with van der Waals surface area (Å²) in [5.74, 6) is -4.48. The molecule has 9 nitrogen and oxygen atoms in total. The number of hydrogen-bond acceptors (Lipinski definition) is 7. The Kier molecular flexibility index (Phi) is 9.37. The number of amides is 2. The Morgan fingerprint density at radius 1 is 1.12 bits per heavy atom. The molecule has 0 bridgehead atoms. The molecule has 0 spiro atoms. The van der Waals surface area contributed by atoms with E-state index in [0.29, 0.717) is 30.1 Å². The molecule has 0 aliphatic carbocycles. The first kappa shape index (κ1) is 31.2. The Balaban J connectivity index is 1.53. The van der Waals surface area contributed by atoms with Crippen LogP contribution in [0.1, 0.15) is 49.0 Å². The molecule has 1 unspecified atom stereocenters. The van der Waals surface area contributed by atoms with Gasteiger partial charge in [-0.15, -0.1) is 0 Å². The van der Waals surface area contributed by atoms with Gasteiger partial charge in [-0.25, -0.2) is 26.7 Å². The van der Waals surface area contributed by atoms with E-state index in [2.05, 4.69) is 4.98 Å². The zero-order chi connectivity index (χ0) is 30.7. The molecular weight excluding hydrogens is 592 g/mol. The fourth-order valence-corrected chi connectivity index (χ4v) is 5.77. The minimum atomic E-state index is -4.76. The van der Waals surface area contributed by atoms with Gasteiger partial charge in [-0.1, -0.05) is 23.7 Å². The Morgan fingerprint density at radius 2 is 1.83 bits per heavy atom. The maximum atomic E-state index is 15.1. The Hall–Kier alpha value is -3.77. The van der Waals surface area contributed by atoms with Crippen molar-refractivity contribution in [2.24, 2.45) is 5.92 Å². The van der Waals surface area contributed by atoms with Gasteiger partial charge in [0.2, 0.25) is 0 Å². The third-order valence-electron chi connectivity index (χ3n) is 6.56. The van der Waals surface area contributed by atoms with Crippen molar-refractivity contribution in [2.75, 3.05) is 19.7 Å². The number of carbonyl (C=O) groups excluding carboxylic acids is 2. The lowest BCUT2D eigenvalue weighted by Crippen LogP contribution is -2.46. The van der Waals surface area contributed by atoms with Gasteiger partial charge in [0.15, 0.2) is 11.6 Å². The fraction of sp³-hybridized carbons (Fsp3) is 0.345. The van der Waals surface area contributed by atoms with Gasteiger partial charge in [0.1, 0.15) is 16.3 Å². The van der Waals surface area contributed by atoms with Crippen LogP contribution in [-0.4, -0.2) is 55.6 Å². The summed E-state index contributed by atoms with van der Waals surface area (Å²) in [6.45, 7) is 5.80. The van der Waals surface area contributed by atoms with Gasteiger partial charge < -0.3 is 14.4 Å². The molecule has 1 saturated heterocycles. The lowest BCUT2D eigenvalue weighted by atomic mass is 9.81. The van der Waals surface area contributed by atoms with Crippen LogP contribution >= 0.6 is 11.6 Å². The van der Waals surface area contributed by atoms with Gasteiger partial charge >= 0.3 is 6.09 Å². The first-order chi connectivity index (χ1) is 19.7. The zero-order valence-electron chi connectivity index (χ0n) is 23.1. The van der Waals surface area contributed by atoms with Gasteiger partial charge in [0, 0.05) is 48.6 Å². The number of carbonyl (C=O) groups is 2. The van der Waals surface area contributed by atoms with E-state index < -0.39 is 49.9 Å². The number of benzene rings is 2. The predicted octanol–water partition coefficient (Wildman–Crippen LogP) is 5.55. The summed E-state index contributed by atoms with van der Waals surface area (Å²) >= 11 is 6.05. The summed E-state index contributed by atoms with van der Waals surface area (Å²) < 4.78 is 68.3. The summed E-state index contributed by atoms with van der Waals surface area (Å²) in [7, 11) is -4.76. The molecule has 1 aromatic heterocycles. The summed E-state index contributed by atoms with van der Waals surface area (Å²) in [4.78, 5) is 29.3. The van der Waals surface area contributed by atoms with E-state index >= 15 is 4.39 Å². The molecule has 13 heteroatoms. The SMILES string of the molecule is CC(C)(C)OC(=O)N1CCC(c2ccc(Cl)cc2)[C@H](COc2cc(F)c(S(=O)(=O)NC(=O)c3cccnc3)cc2F)C1. The number of halogens is 3. The van der Waals surface area contributed by atoms with Crippen molar-refractivity contribution < 1.29 is 36.3 Å². The van der Waals surface area contributed by atoms with Crippen LogP contribution in [-0.2, 0) is 14.8 Å². The number of rotatable bonds is 7.